The monoisotopic (exact) mass is 458 g/mol. The molecule has 0 bridgehead atoms. The minimum Gasteiger partial charge on any atom is -0.323 e. The molecule has 0 fully saturated rings. The summed E-state index contributed by atoms with van der Waals surface area (Å²) in [6.45, 7) is 5.60. The van der Waals surface area contributed by atoms with E-state index in [-0.39, 0.29) is 22.5 Å². The van der Waals surface area contributed by atoms with Gasteiger partial charge in [-0.05, 0) is 43.2 Å². The van der Waals surface area contributed by atoms with E-state index in [4.69, 9.17) is 16.6 Å². The van der Waals surface area contributed by atoms with Gasteiger partial charge in [0.1, 0.15) is 17.7 Å². The number of nitrogens with one attached hydrogen (secondary N) is 1. The highest BCUT2D eigenvalue weighted by Gasteiger charge is 2.43. The molecule has 2 unspecified atom stereocenters. The Labute approximate surface area is 188 Å². The molecule has 4 rings (SSSR count). The molecule has 0 saturated heterocycles. The van der Waals surface area contributed by atoms with Crippen molar-refractivity contribution in [3.63, 3.8) is 0 Å². The Balaban J connectivity index is 1.61. The van der Waals surface area contributed by atoms with Gasteiger partial charge in [-0.3, -0.25) is 14.5 Å². The predicted molar refractivity (Wildman–Crippen MR) is 123 cm³/mol. The number of fused-ring (bicyclic) bond motifs is 3. The fraction of sp³-hybridized carbons (Fsp3) is 0.273. The van der Waals surface area contributed by atoms with Gasteiger partial charge in [0.05, 0.1) is 16.6 Å². The standard InChI is InChI=1S/C22H20ClFN4O2S/c1-11(2)18-21(30)27-19-14-6-4-5-7-16(14)26-22(28(18)19)31-12(3)20(29)25-17-9-8-13(23)10-15(17)24/h4-12,18H,1-3H3,(H,25,29). The number of nitrogens with zero attached hydrogens (tertiary/aromatic N) is 3. The molecule has 2 heterocycles. The van der Waals surface area contributed by atoms with Crippen LogP contribution in [0, 0.1) is 11.7 Å². The summed E-state index contributed by atoms with van der Waals surface area (Å²) in [6, 6.07) is 11.0. The molecule has 6 nitrogen and oxygen atoms in total. The summed E-state index contributed by atoms with van der Waals surface area (Å²) >= 11 is 6.97. The molecular weight excluding hydrogens is 439 g/mol. The lowest BCUT2D eigenvalue weighted by Crippen LogP contribution is -2.47. The topological polar surface area (TPSA) is 74.1 Å². The van der Waals surface area contributed by atoms with Gasteiger partial charge in [-0.25, -0.2) is 9.38 Å². The molecule has 0 aliphatic carbocycles. The van der Waals surface area contributed by atoms with Gasteiger partial charge in [0.2, 0.25) is 5.91 Å². The van der Waals surface area contributed by atoms with Gasteiger partial charge in [-0.15, -0.1) is 0 Å². The molecule has 2 aromatic rings. The predicted octanol–water partition coefficient (Wildman–Crippen LogP) is 4.85. The maximum atomic E-state index is 14.1. The van der Waals surface area contributed by atoms with Crippen LogP contribution in [0.5, 0.6) is 0 Å². The first-order valence-electron chi connectivity index (χ1n) is 9.78. The van der Waals surface area contributed by atoms with Crippen molar-refractivity contribution in [1.29, 1.82) is 0 Å². The van der Waals surface area contributed by atoms with E-state index in [0.717, 1.165) is 11.6 Å². The molecule has 31 heavy (non-hydrogen) atoms. The Morgan fingerprint density at radius 1 is 1.19 bits per heavy atom. The van der Waals surface area contributed by atoms with Crippen molar-refractivity contribution in [1.82, 2.24) is 4.90 Å². The van der Waals surface area contributed by atoms with E-state index in [0.29, 0.717) is 16.7 Å². The number of amidine groups is 2. The van der Waals surface area contributed by atoms with Crippen LogP contribution in [-0.2, 0) is 9.59 Å². The second-order valence-corrected chi connectivity index (χ2v) is 9.36. The van der Waals surface area contributed by atoms with E-state index < -0.39 is 23.0 Å². The second kappa shape index (κ2) is 8.43. The van der Waals surface area contributed by atoms with Crippen molar-refractivity contribution in [2.24, 2.45) is 15.9 Å². The van der Waals surface area contributed by atoms with Gasteiger partial charge in [-0.1, -0.05) is 49.3 Å². The summed E-state index contributed by atoms with van der Waals surface area (Å²) < 4.78 is 14.1. The Morgan fingerprint density at radius 2 is 1.94 bits per heavy atom. The number of carbonyl (C=O) groups is 2. The summed E-state index contributed by atoms with van der Waals surface area (Å²) in [5, 5.41) is 2.74. The minimum atomic E-state index is -0.610. The number of anilines is 1. The van der Waals surface area contributed by atoms with Crippen molar-refractivity contribution < 1.29 is 14.0 Å². The minimum absolute atomic E-state index is 0.00268. The largest absolute Gasteiger partial charge is 0.323 e. The summed E-state index contributed by atoms with van der Waals surface area (Å²) in [6.07, 6.45) is 0. The van der Waals surface area contributed by atoms with Crippen LogP contribution in [0.2, 0.25) is 5.02 Å². The molecule has 2 atom stereocenters. The fourth-order valence-electron chi connectivity index (χ4n) is 3.49. The van der Waals surface area contributed by atoms with E-state index in [9.17, 15) is 14.0 Å². The number of carbonyl (C=O) groups excluding carboxylic acids is 2. The van der Waals surface area contributed by atoms with Crippen molar-refractivity contribution >= 4 is 57.6 Å². The molecule has 1 N–H and O–H groups in total. The average molecular weight is 459 g/mol. The van der Waals surface area contributed by atoms with Crippen LogP contribution in [-0.4, -0.2) is 39.0 Å². The number of para-hydroxylation sites is 1. The van der Waals surface area contributed by atoms with Gasteiger partial charge >= 0.3 is 0 Å². The lowest BCUT2D eigenvalue weighted by Gasteiger charge is -2.33. The van der Waals surface area contributed by atoms with Gasteiger partial charge in [0.25, 0.3) is 5.91 Å². The molecular formula is C22H20ClFN4O2S. The number of amides is 2. The van der Waals surface area contributed by atoms with Crippen molar-refractivity contribution in [2.75, 3.05) is 5.32 Å². The molecule has 2 aliphatic heterocycles. The summed E-state index contributed by atoms with van der Waals surface area (Å²) in [5.74, 6) is -0.681. The number of benzene rings is 2. The van der Waals surface area contributed by atoms with Crippen LogP contribution in [0.15, 0.2) is 52.4 Å². The smallest absolute Gasteiger partial charge is 0.271 e. The summed E-state index contributed by atoms with van der Waals surface area (Å²) in [4.78, 5) is 36.2. The van der Waals surface area contributed by atoms with E-state index in [1.165, 1.54) is 23.9 Å². The lowest BCUT2D eigenvalue weighted by molar-refractivity contribution is -0.120. The molecule has 2 aliphatic rings. The molecule has 0 radical (unpaired) electrons. The van der Waals surface area contributed by atoms with E-state index in [1.807, 2.05) is 43.0 Å². The zero-order valence-corrected chi connectivity index (χ0v) is 18.7. The number of hydrogen-bond acceptors (Lipinski definition) is 5. The van der Waals surface area contributed by atoms with E-state index in [2.05, 4.69) is 10.3 Å². The zero-order valence-electron chi connectivity index (χ0n) is 17.1. The third kappa shape index (κ3) is 4.09. The van der Waals surface area contributed by atoms with Crippen LogP contribution in [0.4, 0.5) is 15.8 Å². The molecule has 2 amide bonds. The van der Waals surface area contributed by atoms with Crippen LogP contribution in [0.1, 0.15) is 26.3 Å². The number of rotatable bonds is 4. The molecule has 0 aromatic heterocycles. The third-order valence-corrected chi connectivity index (χ3v) is 6.32. The Hall–Kier alpha value is -2.71. The Bertz CT molecular complexity index is 1130. The maximum Gasteiger partial charge on any atom is 0.271 e. The zero-order chi connectivity index (χ0) is 22.3. The fourth-order valence-corrected chi connectivity index (χ4v) is 4.59. The van der Waals surface area contributed by atoms with Crippen molar-refractivity contribution in [3.8, 4) is 0 Å². The second-order valence-electron chi connectivity index (χ2n) is 7.62. The molecule has 9 heteroatoms. The molecule has 0 saturated carbocycles. The van der Waals surface area contributed by atoms with Gasteiger partial charge in [-0.2, -0.15) is 4.99 Å². The quantitative estimate of drug-likeness (QED) is 0.710. The summed E-state index contributed by atoms with van der Waals surface area (Å²) in [7, 11) is 0. The van der Waals surface area contributed by atoms with Crippen LogP contribution in [0.25, 0.3) is 0 Å². The molecule has 160 valence electrons. The SMILES string of the molecule is CC(SC1=Nc2ccccc2C2=NC(=O)C(C(C)C)N12)C(=O)Nc1ccc(Cl)cc1F. The van der Waals surface area contributed by atoms with E-state index >= 15 is 0 Å². The average Bonchev–Trinajstić information content (AvgIpc) is 3.07. The Morgan fingerprint density at radius 3 is 2.65 bits per heavy atom. The van der Waals surface area contributed by atoms with Crippen molar-refractivity contribution in [2.45, 2.75) is 32.1 Å². The number of aliphatic imine (C=N–C) groups is 2. The summed E-state index contributed by atoms with van der Waals surface area (Å²) in [5.41, 5.74) is 1.52. The highest BCUT2D eigenvalue weighted by Crippen LogP contribution is 2.37. The van der Waals surface area contributed by atoms with Gasteiger partial charge < -0.3 is 5.32 Å². The lowest BCUT2D eigenvalue weighted by atomic mass is 10.0. The first-order valence-corrected chi connectivity index (χ1v) is 11.0. The van der Waals surface area contributed by atoms with Crippen LogP contribution < -0.4 is 5.32 Å². The number of hydrogen-bond donors (Lipinski definition) is 1. The number of halogens is 2. The molecule has 2 aromatic carbocycles. The Kier molecular flexibility index (Phi) is 5.85. The molecule has 0 spiro atoms. The van der Waals surface area contributed by atoms with Crippen LogP contribution in [0.3, 0.4) is 0 Å². The number of thioether (sulfide) groups is 1. The first kappa shape index (κ1) is 21.5. The van der Waals surface area contributed by atoms with Crippen LogP contribution >= 0.6 is 23.4 Å². The van der Waals surface area contributed by atoms with Gasteiger partial charge in [0, 0.05) is 10.6 Å². The highest BCUT2D eigenvalue weighted by atomic mass is 35.5. The maximum absolute atomic E-state index is 14.1. The highest BCUT2D eigenvalue weighted by molar-refractivity contribution is 8.14. The first-order chi connectivity index (χ1) is 14.8. The third-order valence-electron chi connectivity index (χ3n) is 5.01. The van der Waals surface area contributed by atoms with E-state index in [1.54, 1.807) is 6.92 Å². The van der Waals surface area contributed by atoms with Gasteiger partial charge in [0.15, 0.2) is 5.17 Å². The van der Waals surface area contributed by atoms with Crippen molar-refractivity contribution in [3.05, 3.63) is 58.9 Å². The normalized spacial score (nSPS) is 18.3.